The Morgan fingerprint density at radius 3 is 2.68 bits per heavy atom. The zero-order valence-electron chi connectivity index (χ0n) is 12.6. The number of nitrogens with one attached hydrogen (secondary N) is 1. The number of aromatic nitrogens is 2. The lowest BCUT2D eigenvalue weighted by Crippen LogP contribution is -1.92. The number of aryl methyl sites for hydroxylation is 1. The van der Waals surface area contributed by atoms with Crippen LogP contribution in [0.3, 0.4) is 0 Å². The molecule has 0 aliphatic carbocycles. The molecule has 0 aliphatic rings. The smallest absolute Gasteiger partial charge is 0.223 e. The van der Waals surface area contributed by atoms with Gasteiger partial charge in [0.05, 0.1) is 23.9 Å². The number of nitrogens with zero attached hydrogens (tertiary/aromatic N) is 1. The summed E-state index contributed by atoms with van der Waals surface area (Å²) in [5.74, 6) is 0.641. The van der Waals surface area contributed by atoms with Gasteiger partial charge in [0, 0.05) is 16.3 Å². The van der Waals surface area contributed by atoms with Gasteiger partial charge in [0.25, 0.3) is 0 Å². The van der Waals surface area contributed by atoms with Crippen LogP contribution in [0.5, 0.6) is 5.88 Å². The maximum absolute atomic E-state index is 5.50. The second-order valence-corrected chi connectivity index (χ2v) is 5.51. The van der Waals surface area contributed by atoms with Gasteiger partial charge in [-0.3, -0.25) is 0 Å². The molecule has 0 spiro atoms. The summed E-state index contributed by atoms with van der Waals surface area (Å²) in [5, 5.41) is 2.30. The van der Waals surface area contributed by atoms with Gasteiger partial charge in [0.1, 0.15) is 0 Å². The first-order valence-corrected chi connectivity index (χ1v) is 7.28. The Morgan fingerprint density at radius 2 is 1.82 bits per heavy atom. The van der Waals surface area contributed by atoms with Crippen molar-refractivity contribution in [3.8, 4) is 17.1 Å². The van der Waals surface area contributed by atoms with Crippen LogP contribution in [0.25, 0.3) is 33.1 Å². The predicted octanol–water partition coefficient (Wildman–Crippen LogP) is 4.70. The molecule has 4 rings (SSSR count). The maximum atomic E-state index is 5.50. The van der Waals surface area contributed by atoms with Crippen LogP contribution in [0.4, 0.5) is 0 Å². The van der Waals surface area contributed by atoms with E-state index in [4.69, 9.17) is 4.74 Å². The number of methoxy groups -OCH3 is 1. The van der Waals surface area contributed by atoms with Gasteiger partial charge >= 0.3 is 0 Å². The lowest BCUT2D eigenvalue weighted by atomic mass is 10.1. The molecule has 108 valence electrons. The van der Waals surface area contributed by atoms with Crippen molar-refractivity contribution in [1.29, 1.82) is 0 Å². The van der Waals surface area contributed by atoms with Crippen molar-refractivity contribution in [2.45, 2.75) is 6.92 Å². The molecule has 0 fully saturated rings. The Morgan fingerprint density at radius 1 is 0.955 bits per heavy atom. The molecule has 0 unspecified atom stereocenters. The lowest BCUT2D eigenvalue weighted by Gasteiger charge is -2.08. The van der Waals surface area contributed by atoms with Crippen LogP contribution < -0.4 is 4.74 Å². The molecule has 0 amide bonds. The topological polar surface area (TPSA) is 37.9 Å². The average molecular weight is 288 g/mol. The number of para-hydroxylation sites is 1. The normalized spacial score (nSPS) is 11.2. The monoisotopic (exact) mass is 288 g/mol. The highest BCUT2D eigenvalue weighted by Crippen LogP contribution is 2.33. The predicted molar refractivity (Wildman–Crippen MR) is 90.3 cm³/mol. The van der Waals surface area contributed by atoms with E-state index in [0.29, 0.717) is 5.88 Å². The molecule has 0 bridgehead atoms. The van der Waals surface area contributed by atoms with Crippen LogP contribution in [0.15, 0.2) is 54.6 Å². The van der Waals surface area contributed by atoms with Crippen LogP contribution in [0.2, 0.25) is 0 Å². The summed E-state index contributed by atoms with van der Waals surface area (Å²) in [5.41, 5.74) is 5.32. The van der Waals surface area contributed by atoms with Crippen LogP contribution in [-0.4, -0.2) is 17.1 Å². The highest BCUT2D eigenvalue weighted by atomic mass is 16.5. The minimum absolute atomic E-state index is 0.641. The maximum Gasteiger partial charge on any atom is 0.223 e. The molecule has 0 atom stereocenters. The molecule has 3 heteroatoms. The van der Waals surface area contributed by atoms with Crippen LogP contribution >= 0.6 is 0 Å². The quantitative estimate of drug-likeness (QED) is 0.580. The molecule has 3 nitrogen and oxygen atoms in total. The van der Waals surface area contributed by atoms with Crippen molar-refractivity contribution >= 4 is 21.8 Å². The van der Waals surface area contributed by atoms with Crippen molar-refractivity contribution in [3.05, 3.63) is 60.2 Å². The van der Waals surface area contributed by atoms with Gasteiger partial charge in [-0.2, -0.15) is 0 Å². The molecule has 0 saturated carbocycles. The fraction of sp³-hybridized carbons (Fsp3) is 0.105. The van der Waals surface area contributed by atoms with Crippen molar-refractivity contribution in [3.63, 3.8) is 0 Å². The Bertz CT molecular complexity index is 985. The minimum atomic E-state index is 0.641. The third-order valence-corrected chi connectivity index (χ3v) is 3.95. The van der Waals surface area contributed by atoms with E-state index in [9.17, 15) is 0 Å². The van der Waals surface area contributed by atoms with Crippen LogP contribution in [-0.2, 0) is 0 Å². The Hall–Kier alpha value is -2.81. The average Bonchev–Trinajstić information content (AvgIpc) is 2.96. The molecule has 1 N–H and O–H groups in total. The van der Waals surface area contributed by atoms with Gasteiger partial charge < -0.3 is 9.72 Å². The number of hydrogen-bond donors (Lipinski definition) is 1. The highest BCUT2D eigenvalue weighted by molar-refractivity contribution is 5.91. The first-order valence-electron chi connectivity index (χ1n) is 7.28. The molecule has 2 aromatic carbocycles. The molecule has 22 heavy (non-hydrogen) atoms. The van der Waals surface area contributed by atoms with Gasteiger partial charge in [-0.15, -0.1) is 0 Å². The summed E-state index contributed by atoms with van der Waals surface area (Å²) in [6.07, 6.45) is 0. The Labute approximate surface area is 128 Å². The molecule has 0 aliphatic heterocycles. The Kier molecular flexibility index (Phi) is 2.86. The van der Waals surface area contributed by atoms with E-state index in [2.05, 4.69) is 53.3 Å². The fourth-order valence-electron chi connectivity index (χ4n) is 2.84. The van der Waals surface area contributed by atoms with E-state index in [-0.39, 0.29) is 0 Å². The zero-order valence-corrected chi connectivity index (χ0v) is 12.6. The third-order valence-electron chi connectivity index (χ3n) is 3.95. The number of hydrogen-bond acceptors (Lipinski definition) is 2. The molecule has 0 radical (unpaired) electrons. The number of pyridine rings is 1. The molecular formula is C19H16N2O. The summed E-state index contributed by atoms with van der Waals surface area (Å²) in [6, 6.07) is 18.7. The molecule has 2 heterocycles. The van der Waals surface area contributed by atoms with E-state index < -0.39 is 0 Å². The summed E-state index contributed by atoms with van der Waals surface area (Å²) < 4.78 is 5.50. The van der Waals surface area contributed by atoms with E-state index in [1.165, 1.54) is 10.9 Å². The summed E-state index contributed by atoms with van der Waals surface area (Å²) in [4.78, 5) is 8.07. The lowest BCUT2D eigenvalue weighted by molar-refractivity contribution is 0.401. The standard InChI is InChI=1S/C19H16N2O/c1-12-7-8-17-14(9-12)11-18(20-17)15-10-13-5-3-4-6-16(13)21-19(15)22-2/h3-11,20H,1-2H3. The van der Waals surface area contributed by atoms with Crippen molar-refractivity contribution < 1.29 is 4.74 Å². The van der Waals surface area contributed by atoms with E-state index >= 15 is 0 Å². The van der Waals surface area contributed by atoms with Gasteiger partial charge in [-0.25, -0.2) is 4.98 Å². The number of ether oxygens (including phenoxy) is 1. The summed E-state index contributed by atoms with van der Waals surface area (Å²) in [6.45, 7) is 2.10. The fourth-order valence-corrected chi connectivity index (χ4v) is 2.84. The first-order chi connectivity index (χ1) is 10.7. The van der Waals surface area contributed by atoms with Gasteiger partial charge in [0.15, 0.2) is 0 Å². The van der Waals surface area contributed by atoms with Crippen LogP contribution in [0, 0.1) is 6.92 Å². The molecule has 4 aromatic rings. The number of aromatic amines is 1. The van der Waals surface area contributed by atoms with Gasteiger partial charge in [-0.05, 0) is 37.3 Å². The van der Waals surface area contributed by atoms with Gasteiger partial charge in [0.2, 0.25) is 5.88 Å². The molecular weight excluding hydrogens is 272 g/mol. The SMILES string of the molecule is COc1nc2ccccc2cc1-c1cc2cc(C)ccc2[nH]1. The minimum Gasteiger partial charge on any atom is -0.480 e. The molecule has 2 aromatic heterocycles. The zero-order chi connectivity index (χ0) is 15.1. The number of fused-ring (bicyclic) bond motifs is 2. The first kappa shape index (κ1) is 12.9. The van der Waals surface area contributed by atoms with E-state index in [1.54, 1.807) is 7.11 Å². The summed E-state index contributed by atoms with van der Waals surface area (Å²) >= 11 is 0. The van der Waals surface area contributed by atoms with Crippen molar-refractivity contribution in [2.24, 2.45) is 0 Å². The van der Waals surface area contributed by atoms with Crippen molar-refractivity contribution in [2.75, 3.05) is 7.11 Å². The highest BCUT2D eigenvalue weighted by Gasteiger charge is 2.12. The number of benzene rings is 2. The van der Waals surface area contributed by atoms with E-state index in [1.807, 2.05) is 18.2 Å². The second kappa shape index (κ2) is 4.88. The number of rotatable bonds is 2. The van der Waals surface area contributed by atoms with Crippen molar-refractivity contribution in [1.82, 2.24) is 9.97 Å². The molecule has 0 saturated heterocycles. The largest absolute Gasteiger partial charge is 0.480 e. The van der Waals surface area contributed by atoms with E-state index in [0.717, 1.165) is 27.7 Å². The van der Waals surface area contributed by atoms with Gasteiger partial charge in [-0.1, -0.05) is 29.8 Å². The third kappa shape index (κ3) is 2.02. The Balaban J connectivity index is 1.97. The summed E-state index contributed by atoms with van der Waals surface area (Å²) in [7, 11) is 1.66. The number of H-pyrrole nitrogens is 1. The second-order valence-electron chi connectivity index (χ2n) is 5.51. The van der Waals surface area contributed by atoms with Crippen LogP contribution in [0.1, 0.15) is 5.56 Å².